The van der Waals surface area contributed by atoms with E-state index in [0.717, 1.165) is 25.7 Å². The van der Waals surface area contributed by atoms with Crippen LogP contribution in [0, 0.1) is 0 Å². The van der Waals surface area contributed by atoms with Gasteiger partial charge in [-0.15, -0.1) is 0 Å². The Morgan fingerprint density at radius 1 is 1.18 bits per heavy atom. The van der Waals surface area contributed by atoms with Gasteiger partial charge in [-0.3, -0.25) is 0 Å². The maximum atomic E-state index is 10.4. The van der Waals surface area contributed by atoms with Gasteiger partial charge in [0.1, 0.15) is 6.10 Å². The van der Waals surface area contributed by atoms with Crippen molar-refractivity contribution in [3.8, 4) is 0 Å². The molecule has 0 spiro atoms. The van der Waals surface area contributed by atoms with Crippen LogP contribution >= 0.6 is 11.6 Å². The molecule has 0 radical (unpaired) electrons. The van der Waals surface area contributed by atoms with E-state index in [-0.39, 0.29) is 6.10 Å². The summed E-state index contributed by atoms with van der Waals surface area (Å²) in [5.74, 6) is 0. The van der Waals surface area contributed by atoms with Gasteiger partial charge >= 0.3 is 5.43 Å². The van der Waals surface area contributed by atoms with Crippen LogP contribution in [0.3, 0.4) is 0 Å². The van der Waals surface area contributed by atoms with Crippen LogP contribution in [-0.2, 0) is 4.74 Å². The number of halogens is 1. The Balaban J connectivity index is 2.25. The van der Waals surface area contributed by atoms with E-state index in [2.05, 4.69) is 0 Å². The third-order valence-electron chi connectivity index (χ3n) is 2.06. The van der Waals surface area contributed by atoms with Gasteiger partial charge in [0.2, 0.25) is 0 Å². The van der Waals surface area contributed by atoms with Crippen LogP contribution in [-0.4, -0.2) is 11.5 Å². The minimum atomic E-state index is -0.656. The summed E-state index contributed by atoms with van der Waals surface area (Å²) in [4.78, 5) is 10.4. The topological polar surface area (TPSA) is 26.3 Å². The Labute approximate surface area is 71.9 Å². The molecule has 0 aromatic carbocycles. The van der Waals surface area contributed by atoms with E-state index in [0.29, 0.717) is 0 Å². The molecule has 0 aromatic heterocycles. The lowest BCUT2D eigenvalue weighted by Crippen LogP contribution is -2.12. The van der Waals surface area contributed by atoms with Crippen LogP contribution in [0.15, 0.2) is 0 Å². The van der Waals surface area contributed by atoms with E-state index in [4.69, 9.17) is 16.3 Å². The van der Waals surface area contributed by atoms with Crippen LogP contribution in [0.1, 0.15) is 38.5 Å². The Bertz CT molecular complexity index is 128. The molecule has 0 heterocycles. The lowest BCUT2D eigenvalue weighted by Gasteiger charge is -2.11. The van der Waals surface area contributed by atoms with Crippen molar-refractivity contribution in [1.29, 1.82) is 0 Å². The van der Waals surface area contributed by atoms with E-state index in [1.807, 2.05) is 0 Å². The smallest absolute Gasteiger partial charge is 0.404 e. The van der Waals surface area contributed by atoms with Crippen molar-refractivity contribution in [1.82, 2.24) is 0 Å². The highest BCUT2D eigenvalue weighted by Crippen LogP contribution is 2.20. The standard InChI is InChI=1S/C8H13ClO2/c9-8(10)11-7-5-3-1-2-4-6-7/h7H,1-6H2. The Morgan fingerprint density at radius 3 is 2.18 bits per heavy atom. The molecule has 0 bridgehead atoms. The molecule has 0 aromatic rings. The number of carbonyl (C=O) groups is 1. The first-order valence-corrected chi connectivity index (χ1v) is 4.53. The molecular weight excluding hydrogens is 164 g/mol. The van der Waals surface area contributed by atoms with Gasteiger partial charge in [0.05, 0.1) is 0 Å². The van der Waals surface area contributed by atoms with Crippen molar-refractivity contribution < 1.29 is 9.53 Å². The summed E-state index contributed by atoms with van der Waals surface area (Å²) >= 11 is 5.10. The third kappa shape index (κ3) is 3.61. The predicted molar refractivity (Wildman–Crippen MR) is 43.8 cm³/mol. The fourth-order valence-electron chi connectivity index (χ4n) is 1.49. The van der Waals surface area contributed by atoms with Crippen LogP contribution in [0.25, 0.3) is 0 Å². The van der Waals surface area contributed by atoms with Gasteiger partial charge in [0, 0.05) is 11.6 Å². The highest BCUT2D eigenvalue weighted by molar-refractivity contribution is 6.61. The van der Waals surface area contributed by atoms with Crippen LogP contribution in [0.4, 0.5) is 4.79 Å². The van der Waals surface area contributed by atoms with E-state index in [1.54, 1.807) is 0 Å². The maximum absolute atomic E-state index is 10.4. The summed E-state index contributed by atoms with van der Waals surface area (Å²) in [6.07, 6.45) is 6.90. The van der Waals surface area contributed by atoms with Gasteiger partial charge in [0.25, 0.3) is 0 Å². The molecule has 3 heteroatoms. The molecule has 1 saturated carbocycles. The van der Waals surface area contributed by atoms with Crippen molar-refractivity contribution in [2.75, 3.05) is 0 Å². The van der Waals surface area contributed by atoms with Crippen molar-refractivity contribution in [3.63, 3.8) is 0 Å². The lowest BCUT2D eigenvalue weighted by molar-refractivity contribution is 0.111. The van der Waals surface area contributed by atoms with E-state index < -0.39 is 5.43 Å². The van der Waals surface area contributed by atoms with Gasteiger partial charge < -0.3 is 4.74 Å². The van der Waals surface area contributed by atoms with Gasteiger partial charge in [-0.2, -0.15) is 0 Å². The summed E-state index contributed by atoms with van der Waals surface area (Å²) in [6, 6.07) is 0. The van der Waals surface area contributed by atoms with Gasteiger partial charge in [-0.1, -0.05) is 12.8 Å². The average Bonchev–Trinajstić information content (AvgIpc) is 2.14. The number of rotatable bonds is 1. The summed E-state index contributed by atoms with van der Waals surface area (Å²) < 4.78 is 4.90. The first kappa shape index (κ1) is 8.85. The molecule has 0 N–H and O–H groups in total. The number of carbonyl (C=O) groups excluding carboxylic acids is 1. The minimum Gasteiger partial charge on any atom is -0.450 e. The zero-order valence-electron chi connectivity index (χ0n) is 6.51. The first-order chi connectivity index (χ1) is 5.29. The molecule has 2 nitrogen and oxygen atoms in total. The monoisotopic (exact) mass is 176 g/mol. The number of hydrogen-bond acceptors (Lipinski definition) is 2. The maximum Gasteiger partial charge on any atom is 0.404 e. The fraction of sp³-hybridized carbons (Fsp3) is 0.875. The zero-order valence-corrected chi connectivity index (χ0v) is 7.27. The molecule has 64 valence electrons. The average molecular weight is 177 g/mol. The molecular formula is C8H13ClO2. The Kier molecular flexibility index (Phi) is 3.70. The van der Waals surface area contributed by atoms with Gasteiger partial charge in [0.15, 0.2) is 0 Å². The normalized spacial score (nSPS) is 20.8. The summed E-state index contributed by atoms with van der Waals surface area (Å²) in [6.45, 7) is 0. The zero-order chi connectivity index (χ0) is 8.10. The second-order valence-corrected chi connectivity index (χ2v) is 3.28. The Morgan fingerprint density at radius 2 is 1.73 bits per heavy atom. The second kappa shape index (κ2) is 4.60. The molecule has 0 unspecified atom stereocenters. The largest absolute Gasteiger partial charge is 0.450 e. The fourth-order valence-corrected chi connectivity index (χ4v) is 1.62. The van der Waals surface area contributed by atoms with Crippen molar-refractivity contribution in [3.05, 3.63) is 0 Å². The number of ether oxygens (including phenoxy) is 1. The third-order valence-corrected chi connectivity index (χ3v) is 2.15. The highest BCUT2D eigenvalue weighted by Gasteiger charge is 2.14. The molecule has 0 saturated heterocycles. The minimum absolute atomic E-state index is 0.0856. The molecule has 1 aliphatic carbocycles. The van der Waals surface area contributed by atoms with Crippen LogP contribution in [0.2, 0.25) is 0 Å². The predicted octanol–water partition coefficient (Wildman–Crippen LogP) is 3.08. The molecule has 11 heavy (non-hydrogen) atoms. The molecule has 1 rings (SSSR count). The summed E-state index contributed by atoms with van der Waals surface area (Å²) in [5, 5.41) is 0. The van der Waals surface area contributed by atoms with Crippen molar-refractivity contribution in [2.45, 2.75) is 44.6 Å². The van der Waals surface area contributed by atoms with E-state index in [9.17, 15) is 4.79 Å². The first-order valence-electron chi connectivity index (χ1n) is 4.15. The molecule has 0 aliphatic heterocycles. The second-order valence-electron chi connectivity index (χ2n) is 2.97. The summed E-state index contributed by atoms with van der Waals surface area (Å²) in [7, 11) is 0. The quantitative estimate of drug-likeness (QED) is 0.453. The highest BCUT2D eigenvalue weighted by atomic mass is 35.5. The molecule has 1 fully saturated rings. The van der Waals surface area contributed by atoms with Crippen molar-refractivity contribution >= 4 is 17.0 Å². The van der Waals surface area contributed by atoms with Gasteiger partial charge in [-0.05, 0) is 25.7 Å². The van der Waals surface area contributed by atoms with Gasteiger partial charge in [-0.25, -0.2) is 4.79 Å². The lowest BCUT2D eigenvalue weighted by atomic mass is 10.2. The molecule has 0 amide bonds. The van der Waals surface area contributed by atoms with Crippen LogP contribution < -0.4 is 0 Å². The van der Waals surface area contributed by atoms with E-state index >= 15 is 0 Å². The van der Waals surface area contributed by atoms with Crippen LogP contribution in [0.5, 0.6) is 0 Å². The summed E-state index contributed by atoms with van der Waals surface area (Å²) in [5.41, 5.74) is -0.656. The molecule has 0 atom stereocenters. The van der Waals surface area contributed by atoms with E-state index in [1.165, 1.54) is 12.8 Å². The SMILES string of the molecule is O=C(Cl)OC1CCCCCC1. The molecule has 1 aliphatic rings. The van der Waals surface area contributed by atoms with Crippen molar-refractivity contribution in [2.24, 2.45) is 0 Å². The number of hydrogen-bond donors (Lipinski definition) is 0. The Hall–Kier alpha value is -0.240.